The van der Waals surface area contributed by atoms with Gasteiger partial charge in [0.1, 0.15) is 10.7 Å². The van der Waals surface area contributed by atoms with Crippen LogP contribution in [0.3, 0.4) is 0 Å². The Hall–Kier alpha value is -2.20. The van der Waals surface area contributed by atoms with Crippen molar-refractivity contribution in [2.45, 2.75) is 38.5 Å². The first-order valence-corrected chi connectivity index (χ1v) is 11.2. The number of anilines is 2. The van der Waals surface area contributed by atoms with Crippen LogP contribution in [0.2, 0.25) is 0 Å². The van der Waals surface area contributed by atoms with Crippen molar-refractivity contribution in [2.75, 3.05) is 49.1 Å². The number of aryl methyl sites for hydroxylation is 3. The Morgan fingerprint density at radius 1 is 0.929 bits per heavy atom. The van der Waals surface area contributed by atoms with Crippen molar-refractivity contribution in [1.82, 2.24) is 24.5 Å². The van der Waals surface area contributed by atoms with E-state index in [1.54, 1.807) is 18.2 Å². The summed E-state index contributed by atoms with van der Waals surface area (Å²) in [5.41, 5.74) is 2.04. The van der Waals surface area contributed by atoms with E-state index in [4.69, 9.17) is 4.98 Å². The summed E-state index contributed by atoms with van der Waals surface area (Å²) in [6.07, 6.45) is 2.35. The molecule has 2 aromatic heterocycles. The Bertz CT molecular complexity index is 939. The van der Waals surface area contributed by atoms with E-state index in [1.807, 2.05) is 13.0 Å². The Balaban J connectivity index is 1.50. The van der Waals surface area contributed by atoms with Gasteiger partial charge < -0.3 is 9.80 Å². The second kappa shape index (κ2) is 7.32. The summed E-state index contributed by atoms with van der Waals surface area (Å²) in [6.45, 7) is 9.49. The van der Waals surface area contributed by atoms with Crippen LogP contribution in [0, 0.1) is 20.8 Å². The van der Waals surface area contributed by atoms with Crippen LogP contribution in [0.1, 0.15) is 29.9 Å². The number of hydrogen-bond donors (Lipinski definition) is 1. The third-order valence-corrected chi connectivity index (χ3v) is 7.60. The number of nitrogens with zero attached hydrogens (tertiary/aromatic N) is 6. The third-order valence-electron chi connectivity index (χ3n) is 5.44. The first-order valence-electron chi connectivity index (χ1n) is 9.73. The summed E-state index contributed by atoms with van der Waals surface area (Å²) in [5, 5.41) is 6.80. The molecular weight excluding hydrogens is 378 g/mol. The van der Waals surface area contributed by atoms with Crippen LogP contribution < -0.4 is 9.80 Å². The lowest BCUT2D eigenvalue weighted by molar-refractivity contribution is 0.383. The molecule has 9 nitrogen and oxygen atoms in total. The lowest BCUT2D eigenvalue weighted by Crippen LogP contribution is -2.49. The highest BCUT2D eigenvalue weighted by Gasteiger charge is 2.32. The summed E-state index contributed by atoms with van der Waals surface area (Å²) in [5.74, 6) is 1.66. The van der Waals surface area contributed by atoms with Crippen LogP contribution in [0.4, 0.5) is 11.8 Å². The number of aromatic nitrogens is 4. The molecule has 0 saturated carbocycles. The standard InChI is InChI=1S/C18H27N7O2S/c1-13-12-16(20-18(19-13)24-6-4-5-7-24)23-8-10-25(11-9-23)28(26,27)17-14(2)21-22-15(17)3/h12H,4-11H2,1-3H3,(H,21,22). The number of H-pyrrole nitrogens is 1. The smallest absolute Gasteiger partial charge is 0.246 e. The van der Waals surface area contributed by atoms with Crippen LogP contribution >= 0.6 is 0 Å². The lowest BCUT2D eigenvalue weighted by atomic mass is 10.3. The van der Waals surface area contributed by atoms with Crippen molar-refractivity contribution in [3.05, 3.63) is 23.1 Å². The molecule has 28 heavy (non-hydrogen) atoms. The molecule has 0 spiro atoms. The largest absolute Gasteiger partial charge is 0.354 e. The molecule has 2 saturated heterocycles. The van der Waals surface area contributed by atoms with Crippen molar-refractivity contribution >= 4 is 21.8 Å². The minimum atomic E-state index is -3.54. The molecule has 0 atom stereocenters. The van der Waals surface area contributed by atoms with Crippen molar-refractivity contribution in [3.63, 3.8) is 0 Å². The number of nitrogens with one attached hydrogen (secondary N) is 1. The molecule has 0 bridgehead atoms. The molecule has 0 radical (unpaired) electrons. The molecule has 2 aliphatic rings. The molecule has 2 fully saturated rings. The Labute approximate surface area is 165 Å². The van der Waals surface area contributed by atoms with E-state index in [0.29, 0.717) is 42.5 Å². The molecular formula is C18H27N7O2S. The molecule has 0 aromatic carbocycles. The molecule has 0 aliphatic carbocycles. The number of aromatic amines is 1. The maximum Gasteiger partial charge on any atom is 0.246 e. The zero-order chi connectivity index (χ0) is 19.9. The quantitative estimate of drug-likeness (QED) is 0.817. The van der Waals surface area contributed by atoms with E-state index < -0.39 is 10.0 Å². The van der Waals surface area contributed by atoms with Crippen LogP contribution in [-0.4, -0.2) is 72.2 Å². The van der Waals surface area contributed by atoms with E-state index in [1.165, 1.54) is 12.8 Å². The predicted molar refractivity (Wildman–Crippen MR) is 107 cm³/mol. The topological polar surface area (TPSA) is 98.3 Å². The Kier molecular flexibility index (Phi) is 5.00. The van der Waals surface area contributed by atoms with Crippen molar-refractivity contribution in [2.24, 2.45) is 0 Å². The van der Waals surface area contributed by atoms with Gasteiger partial charge in [-0.15, -0.1) is 0 Å². The van der Waals surface area contributed by atoms with E-state index in [2.05, 4.69) is 25.0 Å². The fourth-order valence-electron chi connectivity index (χ4n) is 3.96. The number of hydrogen-bond acceptors (Lipinski definition) is 7. The minimum absolute atomic E-state index is 0.301. The first-order chi connectivity index (χ1) is 13.4. The van der Waals surface area contributed by atoms with Gasteiger partial charge in [0.2, 0.25) is 16.0 Å². The van der Waals surface area contributed by atoms with Gasteiger partial charge in [-0.05, 0) is 33.6 Å². The van der Waals surface area contributed by atoms with Crippen molar-refractivity contribution in [1.29, 1.82) is 0 Å². The van der Waals surface area contributed by atoms with Crippen molar-refractivity contribution < 1.29 is 8.42 Å². The Morgan fingerprint density at radius 2 is 1.61 bits per heavy atom. The van der Waals surface area contributed by atoms with Crippen LogP contribution in [0.25, 0.3) is 0 Å². The van der Waals surface area contributed by atoms with Crippen LogP contribution in [0.5, 0.6) is 0 Å². The zero-order valence-electron chi connectivity index (χ0n) is 16.6. The van der Waals surface area contributed by atoms with Gasteiger partial charge in [-0.2, -0.15) is 14.4 Å². The molecule has 10 heteroatoms. The van der Waals surface area contributed by atoms with E-state index in [9.17, 15) is 8.42 Å². The SMILES string of the molecule is Cc1cc(N2CCN(S(=O)(=O)c3c(C)n[nH]c3C)CC2)nc(N2CCCC2)n1. The average molecular weight is 406 g/mol. The molecule has 2 aliphatic heterocycles. The second-order valence-electron chi connectivity index (χ2n) is 7.52. The zero-order valence-corrected chi connectivity index (χ0v) is 17.5. The molecule has 4 heterocycles. The molecule has 152 valence electrons. The third kappa shape index (κ3) is 3.46. The van der Waals surface area contributed by atoms with Gasteiger partial charge in [0.05, 0.1) is 11.4 Å². The van der Waals surface area contributed by atoms with Gasteiger partial charge in [0.25, 0.3) is 0 Å². The fourth-order valence-corrected chi connectivity index (χ4v) is 5.72. The van der Waals surface area contributed by atoms with Gasteiger partial charge in [-0.25, -0.2) is 13.4 Å². The van der Waals surface area contributed by atoms with Gasteiger partial charge in [0, 0.05) is 51.0 Å². The molecule has 1 N–H and O–H groups in total. The summed E-state index contributed by atoms with van der Waals surface area (Å²) in [7, 11) is -3.54. The summed E-state index contributed by atoms with van der Waals surface area (Å²) >= 11 is 0. The van der Waals surface area contributed by atoms with Crippen LogP contribution in [-0.2, 0) is 10.0 Å². The van der Waals surface area contributed by atoms with Gasteiger partial charge >= 0.3 is 0 Å². The molecule has 4 rings (SSSR count). The van der Waals surface area contributed by atoms with Gasteiger partial charge in [0.15, 0.2) is 0 Å². The summed E-state index contributed by atoms with van der Waals surface area (Å²) < 4.78 is 27.6. The predicted octanol–water partition coefficient (Wildman–Crippen LogP) is 1.24. The molecule has 2 aromatic rings. The van der Waals surface area contributed by atoms with Crippen molar-refractivity contribution in [3.8, 4) is 0 Å². The van der Waals surface area contributed by atoms with Gasteiger partial charge in [-0.1, -0.05) is 0 Å². The van der Waals surface area contributed by atoms with E-state index in [-0.39, 0.29) is 0 Å². The summed E-state index contributed by atoms with van der Waals surface area (Å²) in [6, 6.07) is 1.98. The summed E-state index contributed by atoms with van der Waals surface area (Å²) in [4.78, 5) is 14.0. The monoisotopic (exact) mass is 405 g/mol. The highest BCUT2D eigenvalue weighted by Crippen LogP contribution is 2.25. The fraction of sp³-hybridized carbons (Fsp3) is 0.611. The number of sulfonamides is 1. The van der Waals surface area contributed by atoms with Crippen LogP contribution in [0.15, 0.2) is 11.0 Å². The molecule has 0 unspecified atom stereocenters. The highest BCUT2D eigenvalue weighted by molar-refractivity contribution is 7.89. The number of piperazine rings is 1. The maximum atomic E-state index is 13.0. The Morgan fingerprint density at radius 3 is 2.21 bits per heavy atom. The maximum absolute atomic E-state index is 13.0. The lowest BCUT2D eigenvalue weighted by Gasteiger charge is -2.35. The highest BCUT2D eigenvalue weighted by atomic mass is 32.2. The first kappa shape index (κ1) is 19.1. The normalized spacial score (nSPS) is 18.8. The number of rotatable bonds is 4. The average Bonchev–Trinajstić information content (AvgIpc) is 3.31. The van der Waals surface area contributed by atoms with E-state index in [0.717, 1.165) is 30.5 Å². The second-order valence-corrected chi connectivity index (χ2v) is 9.39. The van der Waals surface area contributed by atoms with Gasteiger partial charge in [-0.3, -0.25) is 5.10 Å². The van der Waals surface area contributed by atoms with E-state index >= 15 is 0 Å². The molecule has 0 amide bonds. The minimum Gasteiger partial charge on any atom is -0.354 e.